The Morgan fingerprint density at radius 1 is 1.12 bits per heavy atom. The molecule has 17 heavy (non-hydrogen) atoms. The lowest BCUT2D eigenvalue weighted by molar-refractivity contribution is 0.306. The lowest BCUT2D eigenvalue weighted by atomic mass is 10.2. The Bertz CT molecular complexity index is 493. The van der Waals surface area contributed by atoms with Crippen molar-refractivity contribution in [1.29, 1.82) is 0 Å². The van der Waals surface area contributed by atoms with E-state index >= 15 is 0 Å². The monoisotopic (exact) mass is 311 g/mol. The van der Waals surface area contributed by atoms with Crippen molar-refractivity contribution in [3.05, 3.63) is 57.5 Å². The highest BCUT2D eigenvalue weighted by molar-refractivity contribution is 9.10. The Kier molecular flexibility index (Phi) is 3.92. The van der Waals surface area contributed by atoms with Crippen molar-refractivity contribution in [1.82, 2.24) is 0 Å². The first-order valence-electron chi connectivity index (χ1n) is 5.07. The standard InChI is InChI=1S/C13H11BrClNO/c14-10-5-12(16)7-13(6-10)17-8-9-1-3-11(15)4-2-9/h1-7H,8,16H2. The number of ether oxygens (including phenoxy) is 1. The lowest BCUT2D eigenvalue weighted by Crippen LogP contribution is -1.96. The summed E-state index contributed by atoms with van der Waals surface area (Å²) in [5.41, 5.74) is 7.46. The molecule has 88 valence electrons. The molecule has 0 spiro atoms. The molecule has 0 atom stereocenters. The van der Waals surface area contributed by atoms with Gasteiger partial charge in [-0.05, 0) is 29.8 Å². The summed E-state index contributed by atoms with van der Waals surface area (Å²) >= 11 is 9.18. The molecule has 0 unspecified atom stereocenters. The molecule has 0 saturated carbocycles. The van der Waals surface area contributed by atoms with E-state index in [1.807, 2.05) is 36.4 Å². The molecule has 4 heteroatoms. The Labute approximate surface area is 113 Å². The fourth-order valence-corrected chi connectivity index (χ4v) is 2.03. The number of benzene rings is 2. The predicted octanol–water partition coefficient (Wildman–Crippen LogP) is 4.26. The van der Waals surface area contributed by atoms with Crippen LogP contribution in [-0.4, -0.2) is 0 Å². The second-order valence-electron chi connectivity index (χ2n) is 3.64. The molecule has 2 N–H and O–H groups in total. The zero-order valence-corrected chi connectivity index (χ0v) is 11.3. The van der Waals surface area contributed by atoms with Gasteiger partial charge < -0.3 is 10.5 Å². The fourth-order valence-electron chi connectivity index (χ4n) is 1.42. The quantitative estimate of drug-likeness (QED) is 0.859. The van der Waals surface area contributed by atoms with Crippen molar-refractivity contribution >= 4 is 33.2 Å². The van der Waals surface area contributed by atoms with Gasteiger partial charge in [-0.3, -0.25) is 0 Å². The van der Waals surface area contributed by atoms with Crippen LogP contribution in [0.5, 0.6) is 5.75 Å². The second kappa shape index (κ2) is 5.43. The smallest absolute Gasteiger partial charge is 0.122 e. The molecular weight excluding hydrogens is 302 g/mol. The van der Waals surface area contributed by atoms with Crippen LogP contribution >= 0.6 is 27.5 Å². The van der Waals surface area contributed by atoms with Crippen molar-refractivity contribution in [3.63, 3.8) is 0 Å². The molecule has 0 aliphatic heterocycles. The van der Waals surface area contributed by atoms with E-state index < -0.39 is 0 Å². The highest BCUT2D eigenvalue weighted by Gasteiger charge is 1.99. The molecular formula is C13H11BrClNO. The number of hydrogen-bond donors (Lipinski definition) is 1. The van der Waals surface area contributed by atoms with Gasteiger partial charge >= 0.3 is 0 Å². The molecule has 2 aromatic carbocycles. The normalized spacial score (nSPS) is 10.2. The van der Waals surface area contributed by atoms with Gasteiger partial charge in [-0.15, -0.1) is 0 Å². The van der Waals surface area contributed by atoms with Crippen LogP contribution in [-0.2, 0) is 6.61 Å². The second-order valence-corrected chi connectivity index (χ2v) is 4.99. The molecule has 2 aromatic rings. The highest BCUT2D eigenvalue weighted by atomic mass is 79.9. The Morgan fingerprint density at radius 3 is 2.47 bits per heavy atom. The summed E-state index contributed by atoms with van der Waals surface area (Å²) in [7, 11) is 0. The highest BCUT2D eigenvalue weighted by Crippen LogP contribution is 2.23. The van der Waals surface area contributed by atoms with Gasteiger partial charge in [0.15, 0.2) is 0 Å². The fraction of sp³-hybridized carbons (Fsp3) is 0.0769. The van der Waals surface area contributed by atoms with Crippen molar-refractivity contribution in [2.24, 2.45) is 0 Å². The first kappa shape index (κ1) is 12.3. The van der Waals surface area contributed by atoms with Gasteiger partial charge in [0.2, 0.25) is 0 Å². The predicted molar refractivity (Wildman–Crippen MR) is 74.3 cm³/mol. The largest absolute Gasteiger partial charge is 0.489 e. The van der Waals surface area contributed by atoms with E-state index in [4.69, 9.17) is 22.1 Å². The average molecular weight is 313 g/mol. The Hall–Kier alpha value is -1.19. The Morgan fingerprint density at radius 2 is 1.82 bits per heavy atom. The van der Waals surface area contributed by atoms with Crippen molar-refractivity contribution in [2.45, 2.75) is 6.61 Å². The van der Waals surface area contributed by atoms with E-state index in [1.165, 1.54) is 0 Å². The zero-order valence-electron chi connectivity index (χ0n) is 8.99. The molecule has 0 saturated heterocycles. The van der Waals surface area contributed by atoms with Gasteiger partial charge in [0.05, 0.1) is 0 Å². The number of nitrogens with two attached hydrogens (primary N) is 1. The molecule has 0 bridgehead atoms. The maximum absolute atomic E-state index is 5.81. The molecule has 0 aromatic heterocycles. The summed E-state index contributed by atoms with van der Waals surface area (Å²) in [5, 5.41) is 0.723. The summed E-state index contributed by atoms with van der Waals surface area (Å²) in [5.74, 6) is 0.742. The molecule has 0 aliphatic rings. The number of hydrogen-bond acceptors (Lipinski definition) is 2. The summed E-state index contributed by atoms with van der Waals surface area (Å²) in [6, 6.07) is 13.1. The van der Waals surface area contributed by atoms with Crippen molar-refractivity contribution in [2.75, 3.05) is 5.73 Å². The SMILES string of the molecule is Nc1cc(Br)cc(OCc2ccc(Cl)cc2)c1. The van der Waals surface area contributed by atoms with Crippen LogP contribution in [0.25, 0.3) is 0 Å². The summed E-state index contributed by atoms with van der Waals surface area (Å²) in [6.07, 6.45) is 0. The van der Waals surface area contributed by atoms with Gasteiger partial charge in [0, 0.05) is 21.2 Å². The van der Waals surface area contributed by atoms with Gasteiger partial charge in [-0.2, -0.15) is 0 Å². The summed E-state index contributed by atoms with van der Waals surface area (Å²) in [4.78, 5) is 0. The zero-order chi connectivity index (χ0) is 12.3. The summed E-state index contributed by atoms with van der Waals surface area (Å²) < 4.78 is 6.55. The van der Waals surface area contributed by atoms with E-state index in [-0.39, 0.29) is 0 Å². The average Bonchev–Trinajstić information content (AvgIpc) is 2.27. The van der Waals surface area contributed by atoms with Crippen molar-refractivity contribution < 1.29 is 4.74 Å². The number of rotatable bonds is 3. The van der Waals surface area contributed by atoms with E-state index in [9.17, 15) is 0 Å². The van der Waals surface area contributed by atoms with E-state index in [2.05, 4.69) is 15.9 Å². The molecule has 0 aliphatic carbocycles. The molecule has 0 radical (unpaired) electrons. The van der Waals surface area contributed by atoms with E-state index in [1.54, 1.807) is 6.07 Å². The number of halogens is 2. The van der Waals surface area contributed by atoms with Crippen LogP contribution in [0.3, 0.4) is 0 Å². The van der Waals surface area contributed by atoms with E-state index in [0.29, 0.717) is 12.3 Å². The Balaban J connectivity index is 2.04. The topological polar surface area (TPSA) is 35.2 Å². The third-order valence-electron chi connectivity index (χ3n) is 2.21. The molecule has 0 heterocycles. The van der Waals surface area contributed by atoms with Crippen LogP contribution in [0.2, 0.25) is 5.02 Å². The third-order valence-corrected chi connectivity index (χ3v) is 2.92. The molecule has 2 nitrogen and oxygen atoms in total. The van der Waals surface area contributed by atoms with Gasteiger partial charge in [-0.1, -0.05) is 39.7 Å². The van der Waals surface area contributed by atoms with E-state index in [0.717, 1.165) is 20.8 Å². The van der Waals surface area contributed by atoms with Crippen LogP contribution in [0.1, 0.15) is 5.56 Å². The first-order valence-corrected chi connectivity index (χ1v) is 6.24. The minimum Gasteiger partial charge on any atom is -0.489 e. The van der Waals surface area contributed by atoms with Crippen LogP contribution < -0.4 is 10.5 Å². The first-order chi connectivity index (χ1) is 8.13. The van der Waals surface area contributed by atoms with Gasteiger partial charge in [-0.25, -0.2) is 0 Å². The van der Waals surface area contributed by atoms with Crippen molar-refractivity contribution in [3.8, 4) is 5.75 Å². The minimum absolute atomic E-state index is 0.493. The van der Waals surface area contributed by atoms with Crippen LogP contribution in [0, 0.1) is 0 Å². The summed E-state index contributed by atoms with van der Waals surface area (Å²) in [6.45, 7) is 0.493. The van der Waals surface area contributed by atoms with Crippen LogP contribution in [0.15, 0.2) is 46.9 Å². The molecule has 0 fully saturated rings. The molecule has 0 amide bonds. The van der Waals surface area contributed by atoms with Gasteiger partial charge in [0.1, 0.15) is 12.4 Å². The number of anilines is 1. The van der Waals surface area contributed by atoms with Crippen LogP contribution in [0.4, 0.5) is 5.69 Å². The van der Waals surface area contributed by atoms with Gasteiger partial charge in [0.25, 0.3) is 0 Å². The molecule has 2 rings (SSSR count). The number of nitrogen functional groups attached to an aromatic ring is 1. The lowest BCUT2D eigenvalue weighted by Gasteiger charge is -2.07. The maximum atomic E-state index is 5.81. The maximum Gasteiger partial charge on any atom is 0.122 e. The third kappa shape index (κ3) is 3.65. The minimum atomic E-state index is 0.493.